The first kappa shape index (κ1) is 14.0. The van der Waals surface area contributed by atoms with Crippen LogP contribution < -0.4 is 0 Å². The van der Waals surface area contributed by atoms with Gasteiger partial charge in [-0.05, 0) is 38.5 Å². The third-order valence-electron chi connectivity index (χ3n) is 3.10. The van der Waals surface area contributed by atoms with E-state index in [2.05, 4.69) is 75.9 Å². The van der Waals surface area contributed by atoms with Gasteiger partial charge in [-0.2, -0.15) is 0 Å². The molecule has 0 saturated carbocycles. The first-order valence-electron chi connectivity index (χ1n) is 6.51. The molecular weight excluding hydrogens is 248 g/mol. The molecule has 0 nitrogen and oxygen atoms in total. The first-order chi connectivity index (χ1) is 9.06. The van der Waals surface area contributed by atoms with Crippen LogP contribution in [0.25, 0.3) is 0 Å². The maximum absolute atomic E-state index is 4.15. The van der Waals surface area contributed by atoms with Crippen molar-refractivity contribution in [1.82, 2.24) is 0 Å². The Bertz CT molecular complexity index is 549. The Kier molecular flexibility index (Phi) is 4.49. The lowest BCUT2D eigenvalue weighted by Crippen LogP contribution is -1.95. The molecule has 1 heteroatoms. The minimum absolute atomic E-state index is 0.323. The van der Waals surface area contributed by atoms with Gasteiger partial charge in [-0.25, -0.2) is 0 Å². The van der Waals surface area contributed by atoms with Gasteiger partial charge in [0.2, 0.25) is 0 Å². The summed E-state index contributed by atoms with van der Waals surface area (Å²) in [5.74, 6) is 0. The smallest absolute Gasteiger partial charge is 0.0548 e. The Morgan fingerprint density at radius 2 is 1.37 bits per heavy atom. The lowest BCUT2D eigenvalue weighted by atomic mass is 10.1. The fourth-order valence-corrected chi connectivity index (χ4v) is 3.01. The third-order valence-corrected chi connectivity index (χ3v) is 4.56. The van der Waals surface area contributed by atoms with Gasteiger partial charge in [0.05, 0.1) is 5.25 Å². The highest BCUT2D eigenvalue weighted by Crippen LogP contribution is 2.39. The van der Waals surface area contributed by atoms with E-state index >= 15 is 0 Å². The van der Waals surface area contributed by atoms with Crippen LogP contribution in [0.4, 0.5) is 0 Å². The Hall–Kier alpha value is -1.47. The first-order valence-corrected chi connectivity index (χ1v) is 7.39. The van der Waals surface area contributed by atoms with Gasteiger partial charge >= 0.3 is 0 Å². The second-order valence-electron chi connectivity index (χ2n) is 5.07. The summed E-state index contributed by atoms with van der Waals surface area (Å²) in [5.41, 5.74) is 5.11. The summed E-state index contributed by atoms with van der Waals surface area (Å²) in [6.07, 6.45) is 0. The topological polar surface area (TPSA) is 0 Å². The number of rotatable bonds is 4. The van der Waals surface area contributed by atoms with E-state index in [0.717, 1.165) is 0 Å². The fourth-order valence-electron chi connectivity index (χ4n) is 1.95. The summed E-state index contributed by atoms with van der Waals surface area (Å²) >= 11 is 1.86. The molecule has 2 aromatic rings. The second kappa shape index (κ2) is 6.12. The van der Waals surface area contributed by atoms with Gasteiger partial charge in [0.25, 0.3) is 0 Å². The minimum Gasteiger partial charge on any atom is -0.113 e. The predicted octanol–water partition coefficient (Wildman–Crippen LogP) is 5.71. The molecule has 0 fully saturated rings. The summed E-state index contributed by atoms with van der Waals surface area (Å²) in [6.45, 7) is 10.5. The maximum Gasteiger partial charge on any atom is 0.0548 e. The molecule has 0 heterocycles. The van der Waals surface area contributed by atoms with Crippen LogP contribution in [0.5, 0.6) is 0 Å². The summed E-state index contributed by atoms with van der Waals surface area (Å²) < 4.78 is 0. The Morgan fingerprint density at radius 1 is 0.895 bits per heavy atom. The van der Waals surface area contributed by atoms with Crippen LogP contribution in [-0.2, 0) is 0 Å². The monoisotopic (exact) mass is 268 g/mol. The summed E-state index contributed by atoms with van der Waals surface area (Å²) in [5, 5.41) is 0.323. The van der Waals surface area contributed by atoms with Crippen molar-refractivity contribution >= 4 is 11.8 Å². The van der Waals surface area contributed by atoms with E-state index in [1.54, 1.807) is 0 Å². The van der Waals surface area contributed by atoms with Gasteiger partial charge in [-0.15, -0.1) is 11.8 Å². The molecule has 0 radical (unpaired) electrons. The molecular formula is C18H20S. The van der Waals surface area contributed by atoms with E-state index in [-0.39, 0.29) is 0 Å². The van der Waals surface area contributed by atoms with E-state index in [4.69, 9.17) is 0 Å². The molecule has 1 atom stereocenters. The zero-order valence-electron chi connectivity index (χ0n) is 11.8. The fraction of sp³-hybridized carbons (Fsp3) is 0.222. The molecule has 0 spiro atoms. The van der Waals surface area contributed by atoms with Crippen molar-refractivity contribution in [2.45, 2.75) is 30.9 Å². The molecule has 0 aliphatic rings. The van der Waals surface area contributed by atoms with Crippen molar-refractivity contribution in [3.05, 3.63) is 77.4 Å². The van der Waals surface area contributed by atoms with Gasteiger partial charge in [0.15, 0.2) is 0 Å². The molecule has 0 aliphatic carbocycles. The zero-order chi connectivity index (χ0) is 13.8. The molecule has 2 rings (SSSR count). The van der Waals surface area contributed by atoms with Crippen LogP contribution in [0.1, 0.15) is 28.9 Å². The quantitative estimate of drug-likeness (QED) is 0.505. The summed E-state index contributed by atoms with van der Waals surface area (Å²) in [4.78, 5) is 1.29. The molecule has 0 aromatic heterocycles. The average molecular weight is 268 g/mol. The van der Waals surface area contributed by atoms with Crippen molar-refractivity contribution in [3.8, 4) is 0 Å². The largest absolute Gasteiger partial charge is 0.113 e. The number of aryl methyl sites for hydroxylation is 2. The summed E-state index contributed by atoms with van der Waals surface area (Å²) in [7, 11) is 0. The molecule has 2 aromatic carbocycles. The number of hydrogen-bond donors (Lipinski definition) is 0. The van der Waals surface area contributed by atoms with E-state index in [1.807, 2.05) is 11.8 Å². The average Bonchev–Trinajstić information content (AvgIpc) is 2.39. The third kappa shape index (κ3) is 3.74. The highest BCUT2D eigenvalue weighted by molar-refractivity contribution is 7.99. The molecule has 0 N–H and O–H groups in total. The Labute approximate surface area is 120 Å². The van der Waals surface area contributed by atoms with Crippen LogP contribution in [0.3, 0.4) is 0 Å². The SMILES string of the molecule is C=C(C)C(Sc1ccc(C)cc1)c1ccc(C)cc1. The van der Waals surface area contributed by atoms with Gasteiger partial charge in [0, 0.05) is 4.90 Å². The number of benzene rings is 2. The van der Waals surface area contributed by atoms with Crippen molar-refractivity contribution in [2.75, 3.05) is 0 Å². The lowest BCUT2D eigenvalue weighted by Gasteiger charge is -2.17. The van der Waals surface area contributed by atoms with Crippen molar-refractivity contribution < 1.29 is 0 Å². The van der Waals surface area contributed by atoms with Gasteiger partial charge in [0.1, 0.15) is 0 Å². The van der Waals surface area contributed by atoms with E-state index in [0.29, 0.717) is 5.25 Å². The van der Waals surface area contributed by atoms with Crippen molar-refractivity contribution in [2.24, 2.45) is 0 Å². The highest BCUT2D eigenvalue weighted by atomic mass is 32.2. The minimum atomic E-state index is 0.323. The van der Waals surface area contributed by atoms with E-state index in [1.165, 1.54) is 27.2 Å². The number of hydrogen-bond acceptors (Lipinski definition) is 1. The normalized spacial score (nSPS) is 12.2. The molecule has 0 aliphatic heterocycles. The van der Waals surface area contributed by atoms with Crippen molar-refractivity contribution in [3.63, 3.8) is 0 Å². The van der Waals surface area contributed by atoms with Crippen LogP contribution in [0, 0.1) is 13.8 Å². The molecule has 0 amide bonds. The molecule has 98 valence electrons. The maximum atomic E-state index is 4.15. The molecule has 0 bridgehead atoms. The van der Waals surface area contributed by atoms with Gasteiger partial charge in [-0.1, -0.05) is 59.7 Å². The second-order valence-corrected chi connectivity index (χ2v) is 6.25. The van der Waals surface area contributed by atoms with Crippen LogP contribution in [-0.4, -0.2) is 0 Å². The van der Waals surface area contributed by atoms with Gasteiger partial charge < -0.3 is 0 Å². The summed E-state index contributed by atoms with van der Waals surface area (Å²) in [6, 6.07) is 17.4. The van der Waals surface area contributed by atoms with Crippen LogP contribution >= 0.6 is 11.8 Å². The van der Waals surface area contributed by atoms with E-state index < -0.39 is 0 Å². The Morgan fingerprint density at radius 3 is 1.84 bits per heavy atom. The predicted molar refractivity (Wildman–Crippen MR) is 85.8 cm³/mol. The lowest BCUT2D eigenvalue weighted by molar-refractivity contribution is 1.11. The highest BCUT2D eigenvalue weighted by Gasteiger charge is 2.13. The molecule has 1 unspecified atom stereocenters. The standard InChI is InChI=1S/C18H20S/c1-13(2)18(16-9-5-14(3)6-10-16)19-17-11-7-15(4)8-12-17/h5-12,18H,1H2,2-4H3. The van der Waals surface area contributed by atoms with Crippen molar-refractivity contribution in [1.29, 1.82) is 0 Å². The molecule has 0 saturated heterocycles. The van der Waals surface area contributed by atoms with Crippen LogP contribution in [0.15, 0.2) is 65.6 Å². The van der Waals surface area contributed by atoms with Gasteiger partial charge in [-0.3, -0.25) is 0 Å². The Balaban J connectivity index is 2.23. The van der Waals surface area contributed by atoms with E-state index in [9.17, 15) is 0 Å². The zero-order valence-corrected chi connectivity index (χ0v) is 12.6. The van der Waals surface area contributed by atoms with Crippen LogP contribution in [0.2, 0.25) is 0 Å². The number of thioether (sulfide) groups is 1. The molecule has 19 heavy (non-hydrogen) atoms.